The van der Waals surface area contributed by atoms with Crippen LogP contribution in [0, 0.1) is 0 Å². The molecule has 0 bridgehead atoms. The van der Waals surface area contributed by atoms with Crippen LogP contribution in [0.4, 0.5) is 0 Å². The first-order chi connectivity index (χ1) is 17.2. The van der Waals surface area contributed by atoms with Crippen molar-refractivity contribution in [1.82, 2.24) is 0 Å². The molecule has 1 aliphatic rings. The van der Waals surface area contributed by atoms with Gasteiger partial charge in [0.2, 0.25) is 0 Å². The third-order valence-electron chi connectivity index (χ3n) is 5.91. The minimum atomic E-state index is -0.856. The predicted octanol–water partition coefficient (Wildman–Crippen LogP) is 5.21. The number of aliphatic hydroxyl groups excluding tert-OH is 1. The van der Waals surface area contributed by atoms with Crippen molar-refractivity contribution in [2.75, 3.05) is 12.4 Å². The van der Waals surface area contributed by atoms with Gasteiger partial charge in [0.25, 0.3) is 0 Å². The molecule has 0 amide bonds. The van der Waals surface area contributed by atoms with Crippen molar-refractivity contribution in [2.45, 2.75) is 56.6 Å². The molecule has 0 unspecified atom stereocenters. The normalized spacial score (nSPS) is 24.3. The molecule has 1 heterocycles. The van der Waals surface area contributed by atoms with Crippen molar-refractivity contribution in [3.63, 3.8) is 0 Å². The Balaban J connectivity index is 1.46. The van der Waals surface area contributed by atoms with Crippen molar-refractivity contribution in [3.05, 3.63) is 108 Å². The van der Waals surface area contributed by atoms with E-state index in [9.17, 15) is 5.11 Å². The van der Waals surface area contributed by atoms with Crippen molar-refractivity contribution in [3.8, 4) is 0 Å². The molecule has 3 aromatic rings. The van der Waals surface area contributed by atoms with Crippen LogP contribution in [0.3, 0.4) is 0 Å². The number of rotatable bonds is 12. The summed E-state index contributed by atoms with van der Waals surface area (Å²) in [4.78, 5) is 0. The number of hydrogen-bond donors (Lipinski definition) is 1. The van der Waals surface area contributed by atoms with Crippen LogP contribution in [-0.4, -0.2) is 47.3 Å². The van der Waals surface area contributed by atoms with Crippen LogP contribution in [0.5, 0.6) is 0 Å². The molecular formula is C29H34O5S. The van der Waals surface area contributed by atoms with Gasteiger partial charge in [0, 0.05) is 0 Å². The molecule has 5 nitrogen and oxygen atoms in total. The Morgan fingerprint density at radius 1 is 0.714 bits per heavy atom. The van der Waals surface area contributed by atoms with Crippen LogP contribution < -0.4 is 0 Å². The quantitative estimate of drug-likeness (QED) is 0.373. The van der Waals surface area contributed by atoms with E-state index in [0.29, 0.717) is 26.4 Å². The summed E-state index contributed by atoms with van der Waals surface area (Å²) in [5.74, 6) is 0.843. The van der Waals surface area contributed by atoms with Crippen molar-refractivity contribution < 1.29 is 24.1 Å². The SMILES string of the molecule is CCS[C@@H]1O[C@H](COCc2ccccc2)[C@H](OCc2ccccc2)[C@H](O)[C@H]1OCc1ccccc1. The average Bonchev–Trinajstić information content (AvgIpc) is 2.90. The number of ether oxygens (including phenoxy) is 4. The molecule has 5 atom stereocenters. The van der Waals surface area contributed by atoms with E-state index in [0.717, 1.165) is 22.4 Å². The fourth-order valence-electron chi connectivity index (χ4n) is 4.11. The summed E-state index contributed by atoms with van der Waals surface area (Å²) in [7, 11) is 0. The second-order valence-electron chi connectivity index (χ2n) is 8.51. The average molecular weight is 495 g/mol. The molecule has 1 N–H and O–H groups in total. The van der Waals surface area contributed by atoms with Gasteiger partial charge in [0.15, 0.2) is 0 Å². The van der Waals surface area contributed by atoms with Gasteiger partial charge in [0.1, 0.15) is 29.9 Å². The van der Waals surface area contributed by atoms with Crippen molar-refractivity contribution in [1.29, 1.82) is 0 Å². The lowest BCUT2D eigenvalue weighted by atomic mass is 9.99. The number of aliphatic hydroxyl groups is 1. The molecule has 0 saturated carbocycles. The van der Waals surface area contributed by atoms with Gasteiger partial charge in [0.05, 0.1) is 26.4 Å². The minimum Gasteiger partial charge on any atom is -0.387 e. The fourth-order valence-corrected chi connectivity index (χ4v) is 5.09. The standard InChI is InChI=1S/C29H34O5S/c1-2-35-29-28(33-20-24-16-10-5-11-17-24)26(30)27(32-19-23-14-8-4-9-15-23)25(34-29)21-31-18-22-12-6-3-7-13-22/h3-17,25-30H,2,18-21H2,1H3/t25-,26+,27+,28-,29+/m1/s1. The Morgan fingerprint density at radius 2 is 1.20 bits per heavy atom. The molecule has 0 spiro atoms. The van der Waals surface area contributed by atoms with Gasteiger partial charge in [-0.2, -0.15) is 0 Å². The summed E-state index contributed by atoms with van der Waals surface area (Å²) in [5.41, 5.74) is 2.86. The molecule has 1 aliphatic heterocycles. The summed E-state index contributed by atoms with van der Waals surface area (Å²) >= 11 is 1.63. The maximum Gasteiger partial charge on any atom is 0.132 e. The molecule has 186 valence electrons. The van der Waals surface area contributed by atoms with Crippen molar-refractivity contribution >= 4 is 11.8 Å². The van der Waals surface area contributed by atoms with E-state index in [1.807, 2.05) is 91.0 Å². The minimum absolute atomic E-state index is 0.317. The summed E-state index contributed by atoms with van der Waals surface area (Å²) < 4.78 is 25.0. The molecule has 0 radical (unpaired) electrons. The molecule has 1 saturated heterocycles. The van der Waals surface area contributed by atoms with Crippen molar-refractivity contribution in [2.24, 2.45) is 0 Å². The molecule has 4 rings (SSSR count). The largest absolute Gasteiger partial charge is 0.387 e. The van der Waals surface area contributed by atoms with Gasteiger partial charge in [-0.05, 0) is 22.4 Å². The van der Waals surface area contributed by atoms with Crippen LogP contribution in [0.2, 0.25) is 0 Å². The van der Waals surface area contributed by atoms with E-state index in [1.54, 1.807) is 11.8 Å². The topological polar surface area (TPSA) is 57.2 Å². The first-order valence-electron chi connectivity index (χ1n) is 12.1. The zero-order valence-corrected chi connectivity index (χ0v) is 20.9. The number of benzene rings is 3. The molecule has 35 heavy (non-hydrogen) atoms. The van der Waals surface area contributed by atoms with E-state index >= 15 is 0 Å². The Kier molecular flexibility index (Phi) is 10.2. The van der Waals surface area contributed by atoms with E-state index in [1.165, 1.54) is 0 Å². The first kappa shape index (κ1) is 25.9. The zero-order chi connectivity index (χ0) is 24.3. The second-order valence-corrected chi connectivity index (χ2v) is 9.89. The summed E-state index contributed by atoms with van der Waals surface area (Å²) in [5, 5.41) is 11.5. The third-order valence-corrected chi connectivity index (χ3v) is 6.95. The molecular weight excluding hydrogens is 460 g/mol. The summed E-state index contributed by atoms with van der Waals surface area (Å²) in [6.45, 7) is 3.64. The summed E-state index contributed by atoms with van der Waals surface area (Å²) in [6, 6.07) is 30.0. The maximum absolute atomic E-state index is 11.5. The van der Waals surface area contributed by atoms with Gasteiger partial charge in [-0.15, -0.1) is 11.8 Å². The van der Waals surface area contributed by atoms with E-state index in [-0.39, 0.29) is 5.44 Å². The van der Waals surface area contributed by atoms with Gasteiger partial charge >= 0.3 is 0 Å². The van der Waals surface area contributed by atoms with Gasteiger partial charge < -0.3 is 24.1 Å². The highest BCUT2D eigenvalue weighted by molar-refractivity contribution is 7.99. The van der Waals surface area contributed by atoms with Crippen LogP contribution >= 0.6 is 11.8 Å². The lowest BCUT2D eigenvalue weighted by Crippen LogP contribution is -2.59. The second kappa shape index (κ2) is 13.8. The molecule has 3 aromatic carbocycles. The Bertz CT molecular complexity index is 970. The zero-order valence-electron chi connectivity index (χ0n) is 20.1. The molecule has 0 aromatic heterocycles. The van der Waals surface area contributed by atoms with Gasteiger partial charge in [-0.3, -0.25) is 0 Å². The van der Waals surface area contributed by atoms with Crippen LogP contribution in [0.1, 0.15) is 23.6 Å². The number of hydrogen-bond acceptors (Lipinski definition) is 6. The van der Waals surface area contributed by atoms with E-state index < -0.39 is 24.4 Å². The Hall–Kier alpha value is -2.19. The first-order valence-corrected chi connectivity index (χ1v) is 13.2. The smallest absolute Gasteiger partial charge is 0.132 e. The third kappa shape index (κ3) is 7.64. The Labute approximate surface area is 212 Å². The summed E-state index contributed by atoms with van der Waals surface area (Å²) in [6.07, 6.45) is -2.38. The van der Waals surface area contributed by atoms with Crippen LogP contribution in [0.25, 0.3) is 0 Å². The highest BCUT2D eigenvalue weighted by Gasteiger charge is 2.46. The molecule has 0 aliphatic carbocycles. The van der Waals surface area contributed by atoms with Gasteiger partial charge in [-0.25, -0.2) is 0 Å². The number of thioether (sulfide) groups is 1. The Morgan fingerprint density at radius 3 is 1.71 bits per heavy atom. The van der Waals surface area contributed by atoms with Crippen LogP contribution in [-0.2, 0) is 38.8 Å². The maximum atomic E-state index is 11.5. The van der Waals surface area contributed by atoms with Crippen LogP contribution in [0.15, 0.2) is 91.0 Å². The lowest BCUT2D eigenvalue weighted by Gasteiger charge is -2.44. The van der Waals surface area contributed by atoms with Gasteiger partial charge in [-0.1, -0.05) is 97.9 Å². The molecule has 1 fully saturated rings. The fraction of sp³-hybridized carbons (Fsp3) is 0.379. The molecule has 6 heteroatoms. The highest BCUT2D eigenvalue weighted by atomic mass is 32.2. The monoisotopic (exact) mass is 494 g/mol. The lowest BCUT2D eigenvalue weighted by molar-refractivity contribution is -0.240. The highest BCUT2D eigenvalue weighted by Crippen LogP contribution is 2.33. The predicted molar refractivity (Wildman–Crippen MR) is 139 cm³/mol. The van der Waals surface area contributed by atoms with E-state index in [2.05, 4.69) is 6.92 Å². The van der Waals surface area contributed by atoms with E-state index in [4.69, 9.17) is 18.9 Å².